The molecule has 1 unspecified atom stereocenters. The van der Waals surface area contributed by atoms with Crippen LogP contribution in [0.2, 0.25) is 0 Å². The summed E-state index contributed by atoms with van der Waals surface area (Å²) in [5, 5.41) is 0. The first kappa shape index (κ1) is 14.9. The van der Waals surface area contributed by atoms with Gasteiger partial charge in [0.05, 0.1) is 6.04 Å². The molecule has 0 radical (unpaired) electrons. The molecule has 1 aliphatic heterocycles. The number of amides is 1. The Bertz CT molecular complexity index is 214. The summed E-state index contributed by atoms with van der Waals surface area (Å²) in [6, 6.07) is -0.719. The molecule has 1 saturated heterocycles. The number of carbonyl (C=O) groups is 1. The second-order valence-corrected chi connectivity index (χ2v) is 3.27. The molecule has 0 aromatic carbocycles. The molecule has 1 atom stereocenters. The molecule has 1 heterocycles. The predicted octanol–water partition coefficient (Wildman–Crippen LogP) is -2.67. The van der Waals surface area contributed by atoms with Crippen molar-refractivity contribution in [3.63, 3.8) is 0 Å². The number of carbonyl (C=O) groups excluding carboxylic acids is 1. The molecule has 0 bridgehead atoms. The number of hydrogen-bond donors (Lipinski definition) is 1. The van der Waals surface area contributed by atoms with Gasteiger partial charge in [0.1, 0.15) is 0 Å². The molecule has 2 N–H and O–H groups in total. The Kier molecular flexibility index (Phi) is 6.24. The van der Waals surface area contributed by atoms with Gasteiger partial charge in [-0.25, -0.2) is 0 Å². The molecule has 14 heavy (non-hydrogen) atoms. The average Bonchev–Trinajstić information content (AvgIpc) is 2.31. The van der Waals surface area contributed by atoms with Crippen LogP contribution in [0.25, 0.3) is 0 Å². The summed E-state index contributed by atoms with van der Waals surface area (Å²) in [5.41, 5.74) is 4.97. The van der Waals surface area contributed by atoms with Crippen LogP contribution in [0.1, 0.15) is 12.8 Å². The van der Waals surface area contributed by atoms with Crippen molar-refractivity contribution >= 4 is 12.9 Å². The van der Waals surface area contributed by atoms with Crippen molar-refractivity contribution in [2.75, 3.05) is 13.0 Å². The Morgan fingerprint density at radius 3 is 2.50 bits per heavy atom. The maximum absolute atomic E-state index is 12.0. The minimum atomic E-state index is -4.85. The van der Waals surface area contributed by atoms with Crippen LogP contribution >= 0.6 is 0 Å². The number of nitrogens with two attached hydrogens (primary N) is 1. The van der Waals surface area contributed by atoms with Crippen LogP contribution in [0, 0.1) is 0 Å². The van der Waals surface area contributed by atoms with Gasteiger partial charge in [0.2, 0.25) is 5.91 Å². The van der Waals surface area contributed by atoms with Crippen LogP contribution in [-0.2, 0) is 4.79 Å². The van der Waals surface area contributed by atoms with E-state index in [9.17, 15) is 17.7 Å². The van der Waals surface area contributed by atoms with Crippen LogP contribution in [0.15, 0.2) is 0 Å². The molecule has 0 aromatic rings. The molecule has 0 aromatic heterocycles. The Morgan fingerprint density at radius 1 is 1.50 bits per heavy atom. The standard InChI is InChI=1S/C6H11BF3N2O.K/c8-7(9,10)4-12-3-1-2-5(12)6(11)13;/h5H,1-4H2,(H2,11,13);/q-1;+1. The van der Waals surface area contributed by atoms with Crippen molar-refractivity contribution in [3.05, 3.63) is 0 Å². The second kappa shape index (κ2) is 5.86. The Hall–Kier alpha value is 0.921. The number of rotatable bonds is 3. The van der Waals surface area contributed by atoms with E-state index < -0.39 is 25.4 Å². The van der Waals surface area contributed by atoms with Gasteiger partial charge in [-0.1, -0.05) is 0 Å². The van der Waals surface area contributed by atoms with Crippen molar-refractivity contribution in [3.8, 4) is 0 Å². The van der Waals surface area contributed by atoms with Crippen molar-refractivity contribution in [1.82, 2.24) is 4.90 Å². The summed E-state index contributed by atoms with van der Waals surface area (Å²) in [5.74, 6) is -0.655. The fourth-order valence-electron chi connectivity index (χ4n) is 1.63. The van der Waals surface area contributed by atoms with E-state index in [-0.39, 0.29) is 51.4 Å². The van der Waals surface area contributed by atoms with E-state index in [0.29, 0.717) is 19.4 Å². The fraction of sp³-hybridized carbons (Fsp3) is 0.833. The molecular weight excluding hydrogens is 223 g/mol. The van der Waals surface area contributed by atoms with E-state index in [1.807, 2.05) is 0 Å². The topological polar surface area (TPSA) is 46.3 Å². The minimum Gasteiger partial charge on any atom is -0.448 e. The predicted molar refractivity (Wildman–Crippen MR) is 42.9 cm³/mol. The normalized spacial score (nSPS) is 23.2. The smallest absolute Gasteiger partial charge is 0.448 e. The zero-order valence-corrected chi connectivity index (χ0v) is 11.2. The quantitative estimate of drug-likeness (QED) is 0.541. The zero-order chi connectivity index (χ0) is 10.1. The number of hydrogen-bond acceptors (Lipinski definition) is 2. The van der Waals surface area contributed by atoms with Crippen LogP contribution in [-0.4, -0.2) is 36.8 Å². The van der Waals surface area contributed by atoms with Crippen LogP contribution < -0.4 is 57.1 Å². The molecule has 0 spiro atoms. The van der Waals surface area contributed by atoms with E-state index in [0.717, 1.165) is 4.90 Å². The summed E-state index contributed by atoms with van der Waals surface area (Å²) in [6.07, 6.45) is 0.0782. The molecule has 1 fully saturated rings. The molecule has 1 rings (SSSR count). The van der Waals surface area contributed by atoms with Crippen molar-refractivity contribution in [2.45, 2.75) is 18.9 Å². The van der Waals surface area contributed by atoms with E-state index in [2.05, 4.69) is 0 Å². The summed E-state index contributed by atoms with van der Waals surface area (Å²) >= 11 is 0. The average molecular weight is 234 g/mol. The Morgan fingerprint density at radius 2 is 2.07 bits per heavy atom. The zero-order valence-electron chi connectivity index (χ0n) is 8.05. The molecule has 1 amide bonds. The first-order valence-corrected chi connectivity index (χ1v) is 4.14. The number of likely N-dealkylation sites (tertiary alicyclic amines) is 1. The van der Waals surface area contributed by atoms with Gasteiger partial charge in [-0.15, -0.1) is 0 Å². The first-order valence-electron chi connectivity index (χ1n) is 4.14. The monoisotopic (exact) mass is 234 g/mol. The molecule has 0 aliphatic carbocycles. The largest absolute Gasteiger partial charge is 1.00 e. The Labute approximate surface area is 123 Å². The fourth-order valence-corrected chi connectivity index (χ4v) is 1.63. The molecular formula is C6H11BF3KN2O. The van der Waals surface area contributed by atoms with Crippen molar-refractivity contribution in [2.24, 2.45) is 5.73 Å². The van der Waals surface area contributed by atoms with E-state index in [1.165, 1.54) is 0 Å². The number of nitrogens with zero attached hydrogens (tertiary/aromatic N) is 1. The van der Waals surface area contributed by atoms with Gasteiger partial charge in [0.25, 0.3) is 0 Å². The van der Waals surface area contributed by atoms with Gasteiger partial charge < -0.3 is 23.6 Å². The minimum absolute atomic E-state index is 0. The molecule has 3 nitrogen and oxygen atoms in total. The first-order chi connectivity index (χ1) is 5.90. The van der Waals surface area contributed by atoms with Crippen LogP contribution in [0.4, 0.5) is 12.9 Å². The van der Waals surface area contributed by atoms with Crippen LogP contribution in [0.5, 0.6) is 0 Å². The summed E-state index contributed by atoms with van der Waals surface area (Å²) < 4.78 is 36.0. The maximum atomic E-state index is 12.0. The van der Waals surface area contributed by atoms with Gasteiger partial charge in [0.15, 0.2) is 0 Å². The maximum Gasteiger partial charge on any atom is 1.00 e. The molecule has 76 valence electrons. The summed E-state index contributed by atoms with van der Waals surface area (Å²) in [7, 11) is 0. The van der Waals surface area contributed by atoms with Gasteiger partial charge in [-0.3, -0.25) is 4.79 Å². The third-order valence-corrected chi connectivity index (χ3v) is 2.13. The third kappa shape index (κ3) is 4.63. The Balaban J connectivity index is 0.00000169. The molecule has 8 heteroatoms. The summed E-state index contributed by atoms with van der Waals surface area (Å²) in [4.78, 5) is 11.8. The van der Waals surface area contributed by atoms with Gasteiger partial charge in [-0.2, -0.15) is 0 Å². The number of primary amides is 1. The molecule has 1 aliphatic rings. The summed E-state index contributed by atoms with van der Waals surface area (Å²) in [6.45, 7) is -4.54. The van der Waals surface area contributed by atoms with Gasteiger partial charge in [0, 0.05) is 0 Å². The van der Waals surface area contributed by atoms with Crippen molar-refractivity contribution in [1.29, 1.82) is 0 Å². The van der Waals surface area contributed by atoms with E-state index in [4.69, 9.17) is 5.73 Å². The number of halogens is 3. The van der Waals surface area contributed by atoms with E-state index in [1.54, 1.807) is 0 Å². The second-order valence-electron chi connectivity index (χ2n) is 3.27. The van der Waals surface area contributed by atoms with Gasteiger partial charge in [-0.05, 0) is 25.8 Å². The molecule has 0 saturated carbocycles. The van der Waals surface area contributed by atoms with Crippen molar-refractivity contribution < 1.29 is 69.1 Å². The van der Waals surface area contributed by atoms with Gasteiger partial charge >= 0.3 is 58.4 Å². The van der Waals surface area contributed by atoms with Crippen LogP contribution in [0.3, 0.4) is 0 Å². The SMILES string of the molecule is NC(=O)C1CCCN1C[B-](F)(F)F.[K+]. The van der Waals surface area contributed by atoms with E-state index >= 15 is 0 Å². The third-order valence-electron chi connectivity index (χ3n) is 2.13.